The summed E-state index contributed by atoms with van der Waals surface area (Å²) in [5.74, 6) is 0.415. The first-order valence-corrected chi connectivity index (χ1v) is 8.80. The molecular formula is C19H19N3O2S. The molecule has 0 spiro atoms. The number of aromatic nitrogens is 2. The maximum absolute atomic E-state index is 12.5. The Balaban J connectivity index is 1.70. The van der Waals surface area contributed by atoms with Crippen molar-refractivity contribution in [2.75, 3.05) is 13.7 Å². The van der Waals surface area contributed by atoms with Gasteiger partial charge in [0, 0.05) is 30.3 Å². The van der Waals surface area contributed by atoms with Crippen LogP contribution in [0, 0.1) is 6.92 Å². The molecule has 0 saturated carbocycles. The molecule has 0 bridgehead atoms. The molecule has 0 unspecified atom stereocenters. The molecule has 128 valence electrons. The highest BCUT2D eigenvalue weighted by Crippen LogP contribution is 2.21. The Morgan fingerprint density at radius 1 is 1.24 bits per heavy atom. The Kier molecular flexibility index (Phi) is 5.53. The molecule has 2 heterocycles. The summed E-state index contributed by atoms with van der Waals surface area (Å²) in [7, 11) is 1.64. The first kappa shape index (κ1) is 17.3. The third kappa shape index (κ3) is 4.10. The minimum atomic E-state index is -0.198. The molecule has 6 heteroatoms. The van der Waals surface area contributed by atoms with E-state index in [-0.39, 0.29) is 12.0 Å². The quantitative estimate of drug-likeness (QED) is 0.735. The van der Waals surface area contributed by atoms with E-state index in [1.54, 1.807) is 24.6 Å². The van der Waals surface area contributed by atoms with Gasteiger partial charge in [0.2, 0.25) is 0 Å². The van der Waals surface area contributed by atoms with E-state index in [4.69, 9.17) is 4.74 Å². The number of nitrogens with zero attached hydrogens (tertiary/aromatic N) is 2. The van der Waals surface area contributed by atoms with E-state index in [0.717, 1.165) is 10.4 Å². The van der Waals surface area contributed by atoms with Crippen molar-refractivity contribution in [2.45, 2.75) is 13.0 Å². The molecule has 25 heavy (non-hydrogen) atoms. The molecular weight excluding hydrogens is 334 g/mol. The molecule has 1 atom stereocenters. The van der Waals surface area contributed by atoms with E-state index in [1.165, 1.54) is 0 Å². The topological polar surface area (TPSA) is 64.1 Å². The van der Waals surface area contributed by atoms with Crippen LogP contribution in [0.1, 0.15) is 27.0 Å². The van der Waals surface area contributed by atoms with Crippen molar-refractivity contribution >= 4 is 17.2 Å². The number of benzene rings is 1. The minimum absolute atomic E-state index is 0.159. The molecule has 0 saturated heterocycles. The summed E-state index contributed by atoms with van der Waals surface area (Å²) in [4.78, 5) is 22.3. The van der Waals surface area contributed by atoms with Crippen LogP contribution in [0.2, 0.25) is 0 Å². The molecule has 3 rings (SSSR count). The summed E-state index contributed by atoms with van der Waals surface area (Å²) in [6, 6.07) is 13.7. The fraction of sp³-hybridized carbons (Fsp3) is 0.211. The zero-order chi connectivity index (χ0) is 17.6. The van der Waals surface area contributed by atoms with Gasteiger partial charge in [0.05, 0.1) is 11.3 Å². The van der Waals surface area contributed by atoms with Crippen molar-refractivity contribution in [3.63, 3.8) is 0 Å². The number of hydrogen-bond acceptors (Lipinski definition) is 5. The molecule has 1 aromatic carbocycles. The second kappa shape index (κ2) is 8.00. The van der Waals surface area contributed by atoms with Crippen LogP contribution in [0.15, 0.2) is 54.0 Å². The third-order valence-electron chi connectivity index (χ3n) is 3.85. The SMILES string of the molecule is CO[C@H](CNC(=O)c1cnc(-c2ccccc2)nc1C)c1cccs1. The first-order valence-electron chi connectivity index (χ1n) is 7.92. The molecule has 2 aromatic heterocycles. The fourth-order valence-electron chi connectivity index (χ4n) is 2.47. The van der Waals surface area contributed by atoms with Gasteiger partial charge >= 0.3 is 0 Å². The van der Waals surface area contributed by atoms with E-state index >= 15 is 0 Å². The van der Waals surface area contributed by atoms with E-state index in [1.807, 2.05) is 54.8 Å². The number of hydrogen-bond donors (Lipinski definition) is 1. The van der Waals surface area contributed by atoms with Crippen molar-refractivity contribution in [1.82, 2.24) is 15.3 Å². The summed E-state index contributed by atoms with van der Waals surface area (Å²) in [5.41, 5.74) is 2.05. The summed E-state index contributed by atoms with van der Waals surface area (Å²) >= 11 is 1.60. The number of carbonyl (C=O) groups is 1. The second-order valence-corrected chi connectivity index (χ2v) is 6.49. The van der Waals surface area contributed by atoms with Crippen LogP contribution in [0.4, 0.5) is 0 Å². The molecule has 3 aromatic rings. The van der Waals surface area contributed by atoms with Gasteiger partial charge < -0.3 is 10.1 Å². The predicted molar refractivity (Wildman–Crippen MR) is 98.6 cm³/mol. The van der Waals surface area contributed by atoms with Gasteiger partial charge in [-0.25, -0.2) is 9.97 Å². The third-order valence-corrected chi connectivity index (χ3v) is 4.81. The molecule has 0 aliphatic rings. The lowest BCUT2D eigenvalue weighted by Gasteiger charge is -2.15. The second-order valence-electron chi connectivity index (χ2n) is 5.51. The Bertz CT molecular complexity index is 835. The largest absolute Gasteiger partial charge is 0.374 e. The molecule has 5 nitrogen and oxygen atoms in total. The fourth-order valence-corrected chi connectivity index (χ4v) is 3.27. The van der Waals surface area contributed by atoms with Crippen LogP contribution in [0.5, 0.6) is 0 Å². The first-order chi connectivity index (χ1) is 12.2. The summed E-state index contributed by atoms with van der Waals surface area (Å²) < 4.78 is 5.45. The zero-order valence-electron chi connectivity index (χ0n) is 14.1. The number of carbonyl (C=O) groups excluding carboxylic acids is 1. The van der Waals surface area contributed by atoms with E-state index in [2.05, 4.69) is 15.3 Å². The normalized spacial score (nSPS) is 11.9. The van der Waals surface area contributed by atoms with Crippen molar-refractivity contribution in [2.24, 2.45) is 0 Å². The van der Waals surface area contributed by atoms with Crippen LogP contribution < -0.4 is 5.32 Å². The number of methoxy groups -OCH3 is 1. The van der Waals surface area contributed by atoms with Gasteiger partial charge in [0.15, 0.2) is 5.82 Å². The van der Waals surface area contributed by atoms with Crippen LogP contribution in [-0.2, 0) is 4.74 Å². The molecule has 0 radical (unpaired) electrons. The standard InChI is InChI=1S/C19H19N3O2S/c1-13-15(11-20-18(22-13)14-7-4-3-5-8-14)19(23)21-12-16(24-2)17-9-6-10-25-17/h3-11,16H,12H2,1-2H3,(H,21,23)/t16-/m1/s1. The van der Waals surface area contributed by atoms with Gasteiger partial charge in [-0.3, -0.25) is 4.79 Å². The molecule has 0 aliphatic carbocycles. The number of nitrogens with one attached hydrogen (secondary N) is 1. The minimum Gasteiger partial charge on any atom is -0.374 e. The molecule has 1 N–H and O–H groups in total. The van der Waals surface area contributed by atoms with Crippen molar-refractivity contribution in [1.29, 1.82) is 0 Å². The number of amides is 1. The highest BCUT2D eigenvalue weighted by Gasteiger charge is 2.16. The van der Waals surface area contributed by atoms with E-state index < -0.39 is 0 Å². The Morgan fingerprint density at radius 3 is 2.68 bits per heavy atom. The van der Waals surface area contributed by atoms with E-state index in [9.17, 15) is 4.79 Å². The van der Waals surface area contributed by atoms with Gasteiger partial charge in [-0.1, -0.05) is 36.4 Å². The van der Waals surface area contributed by atoms with Crippen LogP contribution in [0.25, 0.3) is 11.4 Å². The van der Waals surface area contributed by atoms with Crippen LogP contribution in [-0.4, -0.2) is 29.5 Å². The Morgan fingerprint density at radius 2 is 2.04 bits per heavy atom. The van der Waals surface area contributed by atoms with Crippen molar-refractivity contribution in [3.05, 3.63) is 70.2 Å². The lowest BCUT2D eigenvalue weighted by Crippen LogP contribution is -2.29. The number of aryl methyl sites for hydroxylation is 1. The molecule has 0 aliphatic heterocycles. The lowest BCUT2D eigenvalue weighted by molar-refractivity contribution is 0.0836. The molecule has 1 amide bonds. The van der Waals surface area contributed by atoms with E-state index in [0.29, 0.717) is 23.6 Å². The van der Waals surface area contributed by atoms with Crippen LogP contribution >= 0.6 is 11.3 Å². The number of ether oxygens (including phenoxy) is 1. The summed E-state index contributed by atoms with van der Waals surface area (Å²) in [6.45, 7) is 2.21. The zero-order valence-corrected chi connectivity index (χ0v) is 14.9. The average molecular weight is 353 g/mol. The van der Waals surface area contributed by atoms with Gasteiger partial charge in [-0.05, 0) is 18.4 Å². The van der Waals surface area contributed by atoms with Gasteiger partial charge in [-0.15, -0.1) is 11.3 Å². The van der Waals surface area contributed by atoms with Crippen molar-refractivity contribution < 1.29 is 9.53 Å². The highest BCUT2D eigenvalue weighted by atomic mass is 32.1. The predicted octanol–water partition coefficient (Wildman–Crippen LogP) is 3.63. The average Bonchev–Trinajstić information content (AvgIpc) is 3.17. The van der Waals surface area contributed by atoms with Gasteiger partial charge in [-0.2, -0.15) is 0 Å². The number of thiophene rings is 1. The number of rotatable bonds is 6. The highest BCUT2D eigenvalue weighted by molar-refractivity contribution is 7.10. The Labute approximate surface area is 150 Å². The maximum atomic E-state index is 12.5. The Hall–Kier alpha value is -2.57. The molecule has 0 fully saturated rings. The summed E-state index contributed by atoms with van der Waals surface area (Å²) in [5, 5.41) is 4.89. The summed E-state index contributed by atoms with van der Waals surface area (Å²) in [6.07, 6.45) is 1.42. The van der Waals surface area contributed by atoms with Crippen molar-refractivity contribution in [3.8, 4) is 11.4 Å². The monoisotopic (exact) mass is 353 g/mol. The lowest BCUT2D eigenvalue weighted by atomic mass is 10.2. The smallest absolute Gasteiger partial charge is 0.254 e. The van der Waals surface area contributed by atoms with Gasteiger partial charge in [0.1, 0.15) is 6.10 Å². The maximum Gasteiger partial charge on any atom is 0.254 e. The van der Waals surface area contributed by atoms with Crippen LogP contribution in [0.3, 0.4) is 0 Å². The van der Waals surface area contributed by atoms with Gasteiger partial charge in [0.25, 0.3) is 5.91 Å².